The van der Waals surface area contributed by atoms with Crippen LogP contribution in [0.1, 0.15) is 28.6 Å². The Bertz CT molecular complexity index is 949. The van der Waals surface area contributed by atoms with Crippen LogP contribution in [0.25, 0.3) is 11.0 Å². The lowest BCUT2D eigenvalue weighted by molar-refractivity contribution is 0.0702. The average molecular weight is 338 g/mol. The Morgan fingerprint density at radius 1 is 1.12 bits per heavy atom. The highest BCUT2D eigenvalue weighted by atomic mass is 19.1. The number of aromatic nitrogens is 3. The number of amides is 1. The molecule has 0 saturated carbocycles. The van der Waals surface area contributed by atoms with Gasteiger partial charge in [0.25, 0.3) is 5.91 Å². The molecule has 0 spiro atoms. The Balaban J connectivity index is 1.69. The monoisotopic (exact) mass is 338 g/mol. The minimum absolute atomic E-state index is 0.0331. The maximum atomic E-state index is 13.5. The zero-order valence-corrected chi connectivity index (χ0v) is 13.2. The Labute approximate surface area is 142 Å². The first-order valence-electron chi connectivity index (χ1n) is 7.96. The van der Waals surface area contributed by atoms with E-state index < -0.39 is 18.1 Å². The Morgan fingerprint density at radius 3 is 2.72 bits per heavy atom. The molecule has 1 amide bonds. The van der Waals surface area contributed by atoms with Crippen LogP contribution in [0.2, 0.25) is 0 Å². The number of nitrogens with zero attached hydrogens (tertiary/aromatic N) is 4. The molecule has 1 fully saturated rings. The molecule has 0 bridgehead atoms. The predicted octanol–water partition coefficient (Wildman–Crippen LogP) is 2.11. The summed E-state index contributed by atoms with van der Waals surface area (Å²) in [5.74, 6) is -0.840. The number of aliphatic hydroxyl groups excluding tert-OH is 1. The fourth-order valence-electron chi connectivity index (χ4n) is 3.17. The van der Waals surface area contributed by atoms with Gasteiger partial charge in [0.2, 0.25) is 5.82 Å². The fraction of sp³-hybridized carbons (Fsp3) is 0.222. The summed E-state index contributed by atoms with van der Waals surface area (Å²) in [5, 5.41) is 18.0. The van der Waals surface area contributed by atoms with Crippen LogP contribution in [-0.2, 0) is 0 Å². The van der Waals surface area contributed by atoms with E-state index in [-0.39, 0.29) is 18.2 Å². The molecule has 1 aliphatic rings. The van der Waals surface area contributed by atoms with Gasteiger partial charge in [-0.15, -0.1) is 10.2 Å². The van der Waals surface area contributed by atoms with Gasteiger partial charge in [-0.2, -0.15) is 0 Å². The summed E-state index contributed by atoms with van der Waals surface area (Å²) in [6.07, 6.45) is -0.332. The number of carbonyl (C=O) groups excluding carboxylic acids is 1. The number of benzene rings is 2. The van der Waals surface area contributed by atoms with Crippen molar-refractivity contribution in [3.05, 3.63) is 65.7 Å². The van der Waals surface area contributed by atoms with E-state index in [1.54, 1.807) is 30.3 Å². The first-order valence-corrected chi connectivity index (χ1v) is 7.96. The summed E-state index contributed by atoms with van der Waals surface area (Å²) < 4.78 is 13.5. The molecule has 2 atom stereocenters. The van der Waals surface area contributed by atoms with E-state index >= 15 is 0 Å². The van der Waals surface area contributed by atoms with Gasteiger partial charge in [0.1, 0.15) is 11.3 Å². The van der Waals surface area contributed by atoms with Crippen molar-refractivity contribution in [2.45, 2.75) is 18.6 Å². The lowest BCUT2D eigenvalue weighted by Crippen LogP contribution is -2.33. The van der Waals surface area contributed by atoms with Gasteiger partial charge in [0, 0.05) is 6.54 Å². The molecule has 7 heteroatoms. The quantitative estimate of drug-likeness (QED) is 0.774. The second kappa shape index (κ2) is 6.18. The molecular formula is C18H15FN4O2. The van der Waals surface area contributed by atoms with Crippen LogP contribution in [0.15, 0.2) is 48.5 Å². The largest absolute Gasteiger partial charge is 0.391 e. The summed E-state index contributed by atoms with van der Waals surface area (Å²) in [6, 6.07) is 12.8. The summed E-state index contributed by atoms with van der Waals surface area (Å²) in [7, 11) is 0. The molecule has 1 N–H and O–H groups in total. The summed E-state index contributed by atoms with van der Waals surface area (Å²) in [5.41, 5.74) is 1.81. The van der Waals surface area contributed by atoms with Crippen molar-refractivity contribution in [3.8, 4) is 0 Å². The van der Waals surface area contributed by atoms with Gasteiger partial charge in [0.15, 0.2) is 0 Å². The molecule has 1 saturated heterocycles. The topological polar surface area (TPSA) is 79.2 Å². The number of likely N-dealkylation sites (tertiary alicyclic amines) is 1. The van der Waals surface area contributed by atoms with E-state index in [9.17, 15) is 14.3 Å². The molecule has 126 valence electrons. The van der Waals surface area contributed by atoms with Crippen molar-refractivity contribution in [1.29, 1.82) is 0 Å². The highest BCUT2D eigenvalue weighted by Gasteiger charge is 2.37. The SMILES string of the molecule is O=C(c1nnc2ccccc2n1)N1CC(O)CC1c1cccc(F)c1. The molecule has 6 nitrogen and oxygen atoms in total. The zero-order chi connectivity index (χ0) is 17.4. The standard InChI is InChI=1S/C18H15FN4O2/c19-12-5-3-4-11(8-12)16-9-13(24)10-23(16)18(25)17-20-14-6-1-2-7-15(14)21-22-17/h1-8,13,16,24H,9-10H2. The smallest absolute Gasteiger partial charge is 0.294 e. The highest BCUT2D eigenvalue weighted by Crippen LogP contribution is 2.33. The number of rotatable bonds is 2. The van der Waals surface area contributed by atoms with Crippen LogP contribution in [0.3, 0.4) is 0 Å². The van der Waals surface area contributed by atoms with E-state index in [1.807, 2.05) is 6.07 Å². The Morgan fingerprint density at radius 2 is 1.92 bits per heavy atom. The first kappa shape index (κ1) is 15.6. The third-order valence-corrected chi connectivity index (χ3v) is 4.33. The van der Waals surface area contributed by atoms with Crippen molar-refractivity contribution in [1.82, 2.24) is 20.1 Å². The Hall–Kier alpha value is -2.93. The molecule has 0 radical (unpaired) electrons. The second-order valence-electron chi connectivity index (χ2n) is 6.04. The first-order chi connectivity index (χ1) is 12.1. The maximum absolute atomic E-state index is 13.5. The highest BCUT2D eigenvalue weighted by molar-refractivity contribution is 5.92. The van der Waals surface area contributed by atoms with Crippen LogP contribution in [0.5, 0.6) is 0 Å². The van der Waals surface area contributed by atoms with Crippen LogP contribution in [0.4, 0.5) is 4.39 Å². The minimum atomic E-state index is -0.675. The molecule has 3 aromatic rings. The van der Waals surface area contributed by atoms with Gasteiger partial charge >= 0.3 is 0 Å². The van der Waals surface area contributed by atoms with E-state index in [0.717, 1.165) is 0 Å². The molecule has 25 heavy (non-hydrogen) atoms. The lowest BCUT2D eigenvalue weighted by Gasteiger charge is -2.23. The lowest BCUT2D eigenvalue weighted by atomic mass is 10.0. The van der Waals surface area contributed by atoms with Crippen LogP contribution >= 0.6 is 0 Å². The van der Waals surface area contributed by atoms with Gasteiger partial charge < -0.3 is 10.0 Å². The van der Waals surface area contributed by atoms with Gasteiger partial charge in [0.05, 0.1) is 17.7 Å². The van der Waals surface area contributed by atoms with Crippen molar-refractivity contribution in [2.24, 2.45) is 0 Å². The normalized spacial score (nSPS) is 20.2. The molecule has 1 aromatic heterocycles. The number of fused-ring (bicyclic) bond motifs is 1. The molecule has 2 unspecified atom stereocenters. The van der Waals surface area contributed by atoms with Gasteiger partial charge in [-0.05, 0) is 36.2 Å². The van der Waals surface area contributed by atoms with Gasteiger partial charge in [-0.25, -0.2) is 9.37 Å². The number of para-hydroxylation sites is 1. The number of hydrogen-bond donors (Lipinski definition) is 1. The average Bonchev–Trinajstić information content (AvgIpc) is 3.02. The molecule has 1 aliphatic heterocycles. The molecule has 4 rings (SSSR count). The summed E-state index contributed by atoms with van der Waals surface area (Å²) >= 11 is 0. The van der Waals surface area contributed by atoms with Gasteiger partial charge in [-0.1, -0.05) is 24.3 Å². The Kier molecular flexibility index (Phi) is 3.85. The van der Waals surface area contributed by atoms with Crippen LogP contribution < -0.4 is 0 Å². The van der Waals surface area contributed by atoms with Crippen LogP contribution in [-0.4, -0.2) is 43.7 Å². The molecule has 2 heterocycles. The maximum Gasteiger partial charge on any atom is 0.294 e. The number of β-amino-alcohol motifs (C(OH)–C–C–N with tert-alkyl or cyclic N) is 1. The molecule has 0 aliphatic carbocycles. The fourth-order valence-corrected chi connectivity index (χ4v) is 3.17. The predicted molar refractivity (Wildman–Crippen MR) is 88.1 cm³/mol. The van der Waals surface area contributed by atoms with Crippen LogP contribution in [0, 0.1) is 5.82 Å². The van der Waals surface area contributed by atoms with Gasteiger partial charge in [-0.3, -0.25) is 4.79 Å². The number of halogens is 1. The number of carbonyl (C=O) groups is 1. The van der Waals surface area contributed by atoms with Crippen molar-refractivity contribution >= 4 is 16.9 Å². The zero-order valence-electron chi connectivity index (χ0n) is 13.2. The summed E-state index contributed by atoms with van der Waals surface area (Å²) in [4.78, 5) is 18.6. The molecular weight excluding hydrogens is 323 g/mol. The minimum Gasteiger partial charge on any atom is -0.391 e. The van der Waals surface area contributed by atoms with E-state index in [2.05, 4.69) is 15.2 Å². The third-order valence-electron chi connectivity index (χ3n) is 4.33. The van der Waals surface area contributed by atoms with E-state index in [1.165, 1.54) is 17.0 Å². The van der Waals surface area contributed by atoms with Crippen molar-refractivity contribution in [2.75, 3.05) is 6.54 Å². The van der Waals surface area contributed by atoms with Crippen molar-refractivity contribution in [3.63, 3.8) is 0 Å². The summed E-state index contributed by atoms with van der Waals surface area (Å²) in [6.45, 7) is 0.149. The van der Waals surface area contributed by atoms with Crippen molar-refractivity contribution < 1.29 is 14.3 Å². The second-order valence-corrected chi connectivity index (χ2v) is 6.04. The molecule has 2 aromatic carbocycles. The number of hydrogen-bond acceptors (Lipinski definition) is 5. The third kappa shape index (κ3) is 2.94. The van der Waals surface area contributed by atoms with E-state index in [4.69, 9.17) is 0 Å². The van der Waals surface area contributed by atoms with E-state index in [0.29, 0.717) is 23.0 Å². The number of aliphatic hydroxyl groups is 1.